The largest absolute Gasteiger partial charge is 0.406 e. The first-order valence-corrected chi connectivity index (χ1v) is 20.3. The third-order valence-electron chi connectivity index (χ3n) is 3.59. The molecule has 0 N–H and O–H groups in total. The highest BCUT2D eigenvalue weighted by Gasteiger charge is 2.70. The first-order chi connectivity index (χ1) is 9.73. The van der Waals surface area contributed by atoms with Gasteiger partial charge in [-0.15, -0.1) is 22.2 Å². The average Bonchev–Trinajstić information content (AvgIpc) is 2.03. The monoisotopic (exact) mass is 431 g/mol. The van der Waals surface area contributed by atoms with Gasteiger partial charge in [-0.2, -0.15) is 0 Å². The van der Waals surface area contributed by atoms with E-state index < -0.39 is 31.9 Å². The van der Waals surface area contributed by atoms with Crippen LogP contribution in [0.15, 0.2) is 0 Å². The Balaban J connectivity index is 3.52. The fourth-order valence-electron chi connectivity index (χ4n) is 3.42. The maximum Gasteiger partial charge on any atom is 0.406 e. The number of hydrogen-bond acceptors (Lipinski definition) is 3. The van der Waals surface area contributed by atoms with E-state index in [0.717, 1.165) is 0 Å². The second-order valence-electron chi connectivity index (χ2n) is 10.4. The zero-order valence-electron chi connectivity index (χ0n) is 17.0. The molecule has 0 aliphatic carbocycles. The fraction of sp³-hybridized carbons (Fsp3) is 1.00. The highest BCUT2D eigenvalue weighted by molar-refractivity contribution is 7.76. The average molecular weight is 433 g/mol. The molecule has 1 aliphatic rings. The predicted octanol–water partition coefficient (Wildman–Crippen LogP) is 6.31. The minimum atomic E-state index is -2.54. The summed E-state index contributed by atoms with van der Waals surface area (Å²) >= 11 is 14.1. The van der Waals surface area contributed by atoms with Crippen LogP contribution >= 0.6 is 30.5 Å². The molecule has 1 saturated heterocycles. The normalized spacial score (nSPS) is 22.6. The van der Waals surface area contributed by atoms with Gasteiger partial charge < -0.3 is 0 Å². The van der Waals surface area contributed by atoms with Crippen LogP contribution in [-0.4, -0.2) is 47.2 Å². The Morgan fingerprint density at radius 2 is 1.00 bits per heavy atom. The van der Waals surface area contributed by atoms with Crippen molar-refractivity contribution in [1.29, 1.82) is 0 Å². The van der Waals surface area contributed by atoms with Crippen molar-refractivity contribution in [2.45, 2.75) is 91.9 Å². The minimum Gasteiger partial charge on any atom is -0.265 e. The van der Waals surface area contributed by atoms with E-state index in [4.69, 9.17) is 22.2 Å². The molecule has 1 rings (SSSR count). The summed E-state index contributed by atoms with van der Waals surface area (Å²) in [5.41, 5.74) is 0.136. The van der Waals surface area contributed by atoms with Crippen molar-refractivity contribution in [3.63, 3.8) is 0 Å². The zero-order chi connectivity index (χ0) is 18.8. The summed E-state index contributed by atoms with van der Waals surface area (Å²) in [5, 5.41) is 0. The Labute approximate surface area is 158 Å². The molecule has 138 valence electrons. The lowest BCUT2D eigenvalue weighted by molar-refractivity contribution is 0.136. The molecule has 0 saturated carbocycles. The molecule has 0 radical (unpaired) electrons. The molecule has 1 aliphatic heterocycles. The van der Waals surface area contributed by atoms with Crippen LogP contribution in [-0.2, 0) is 0 Å². The summed E-state index contributed by atoms with van der Waals surface area (Å²) in [6, 6.07) is 0. The van der Waals surface area contributed by atoms with Crippen LogP contribution in [0.5, 0.6) is 0 Å². The molecule has 0 atom stereocenters. The maximum atomic E-state index is 7.06. The van der Waals surface area contributed by atoms with E-state index in [9.17, 15) is 0 Å². The van der Waals surface area contributed by atoms with Crippen molar-refractivity contribution < 1.29 is 0 Å². The van der Waals surface area contributed by atoms with E-state index in [1.807, 2.05) is 0 Å². The summed E-state index contributed by atoms with van der Waals surface area (Å²) in [4.78, 5) is 0. The van der Waals surface area contributed by atoms with E-state index in [1.54, 1.807) is 0 Å². The molecule has 0 aromatic heterocycles. The first kappa shape index (κ1) is 22.6. The van der Waals surface area contributed by atoms with Crippen LogP contribution in [0, 0.1) is 0 Å². The van der Waals surface area contributed by atoms with Crippen molar-refractivity contribution in [1.82, 2.24) is 12.7 Å². The van der Waals surface area contributed by atoms with Gasteiger partial charge in [-0.1, -0.05) is 39.3 Å². The van der Waals surface area contributed by atoms with Crippen LogP contribution in [0.25, 0.3) is 0 Å². The van der Waals surface area contributed by atoms with Gasteiger partial charge in [-0.25, -0.2) is 4.67 Å². The van der Waals surface area contributed by atoms with Crippen molar-refractivity contribution >= 4 is 54.0 Å². The van der Waals surface area contributed by atoms with E-state index in [1.165, 1.54) is 0 Å². The van der Waals surface area contributed by atoms with Crippen LogP contribution in [0.1, 0.15) is 41.5 Å². The van der Waals surface area contributed by atoms with E-state index in [0.29, 0.717) is 0 Å². The van der Waals surface area contributed by atoms with Gasteiger partial charge >= 0.3 is 7.02 Å². The molecular formula is C14H36Cl2N3PSi3. The molecule has 0 unspecified atom stereocenters. The molecular weight excluding hydrogens is 396 g/mol. The Hall–Kier alpha value is 1.54. The van der Waals surface area contributed by atoms with Crippen molar-refractivity contribution in [2.24, 2.45) is 0 Å². The molecule has 0 bridgehead atoms. The zero-order valence-corrected chi connectivity index (χ0v) is 22.5. The van der Waals surface area contributed by atoms with Crippen LogP contribution in [0.3, 0.4) is 0 Å². The second kappa shape index (κ2) is 6.31. The summed E-state index contributed by atoms with van der Waals surface area (Å²) < 4.78 is 7.86. The Kier molecular flexibility index (Phi) is 6.19. The summed E-state index contributed by atoms with van der Waals surface area (Å²) in [5.74, 6) is 0. The Morgan fingerprint density at radius 1 is 0.739 bits per heavy atom. The van der Waals surface area contributed by atoms with Gasteiger partial charge in [0.2, 0.25) is 0 Å². The second-order valence-corrected chi connectivity index (χ2v) is 29.8. The molecule has 0 amide bonds. The smallest absolute Gasteiger partial charge is 0.265 e. The lowest BCUT2D eigenvalue weighted by Gasteiger charge is -2.71. The third-order valence-corrected chi connectivity index (χ3v) is 28.0. The topological polar surface area (TPSA) is 9.72 Å². The van der Waals surface area contributed by atoms with Gasteiger partial charge in [0.15, 0.2) is 0 Å². The molecule has 9 heteroatoms. The standard InChI is InChI=1S/C14H36Cl2N3PSi3/c1-13(2,3)17(14(4,5)6)20-18(21(7,8)9)23(15,16)19(20)22(10,11)12/h1-12H3. The summed E-state index contributed by atoms with van der Waals surface area (Å²) in [6.07, 6.45) is 0. The highest BCUT2D eigenvalue weighted by Crippen LogP contribution is 2.71. The fourth-order valence-corrected chi connectivity index (χ4v) is 33.6. The number of halogens is 2. The third kappa shape index (κ3) is 4.45. The van der Waals surface area contributed by atoms with Gasteiger partial charge in [0.05, 0.1) is 8.37 Å². The van der Waals surface area contributed by atoms with E-state index >= 15 is 0 Å². The molecule has 3 nitrogen and oxygen atoms in total. The van der Waals surface area contributed by atoms with Gasteiger partial charge in [0.25, 0.3) is 0 Å². The first-order valence-electron chi connectivity index (χ1n) is 8.32. The van der Waals surface area contributed by atoms with Crippen molar-refractivity contribution in [2.75, 3.05) is 0 Å². The summed E-state index contributed by atoms with van der Waals surface area (Å²) in [6.45, 7) is 28.1. The number of rotatable bonds is 3. The van der Waals surface area contributed by atoms with Crippen LogP contribution < -0.4 is 0 Å². The minimum absolute atomic E-state index is 0.0679. The molecule has 0 aromatic rings. The van der Waals surface area contributed by atoms with Crippen LogP contribution in [0.2, 0.25) is 39.3 Å². The van der Waals surface area contributed by atoms with Gasteiger partial charge in [0.1, 0.15) is 16.5 Å². The molecule has 0 spiro atoms. The Bertz CT molecular complexity index is 412. The Morgan fingerprint density at radius 3 is 1.17 bits per heavy atom. The van der Waals surface area contributed by atoms with Crippen molar-refractivity contribution in [3.8, 4) is 0 Å². The number of hydrogen-bond donors (Lipinski definition) is 0. The SMILES string of the molecule is CC(C)(C)N(P1N([Si](C)(C)C)[Si](Cl)(Cl)N1[Si](C)(C)C)C(C)(C)C. The van der Waals surface area contributed by atoms with Crippen molar-refractivity contribution in [3.05, 3.63) is 0 Å². The summed E-state index contributed by atoms with van der Waals surface area (Å²) in [7, 11) is -6.38. The van der Waals surface area contributed by atoms with Gasteiger partial charge in [-0.05, 0) is 41.5 Å². The van der Waals surface area contributed by atoms with Crippen LogP contribution in [0.4, 0.5) is 0 Å². The lowest BCUT2D eigenvalue weighted by Crippen LogP contribution is -2.80. The number of nitrogens with zero attached hydrogens (tertiary/aromatic N) is 3. The maximum absolute atomic E-state index is 7.06. The van der Waals surface area contributed by atoms with Gasteiger partial charge in [-0.3, -0.25) is 8.00 Å². The van der Waals surface area contributed by atoms with Gasteiger partial charge in [0, 0.05) is 11.1 Å². The van der Waals surface area contributed by atoms with E-state index in [2.05, 4.69) is 93.5 Å². The molecule has 23 heavy (non-hydrogen) atoms. The lowest BCUT2D eigenvalue weighted by atomic mass is 10.0. The molecule has 1 heterocycles. The molecule has 1 fully saturated rings. The predicted molar refractivity (Wildman–Crippen MR) is 116 cm³/mol. The van der Waals surface area contributed by atoms with E-state index in [-0.39, 0.29) is 11.1 Å². The quantitative estimate of drug-likeness (QED) is 0.294. The highest BCUT2D eigenvalue weighted by atomic mass is 35.7. The molecule has 0 aromatic carbocycles.